The fourth-order valence-corrected chi connectivity index (χ4v) is 1.66. The molecule has 1 atom stereocenters. The lowest BCUT2D eigenvalue weighted by Gasteiger charge is -2.19. The van der Waals surface area contributed by atoms with E-state index in [2.05, 4.69) is 0 Å². The van der Waals surface area contributed by atoms with E-state index in [9.17, 15) is 4.79 Å². The minimum Gasteiger partial charge on any atom is -0.486 e. The third-order valence-corrected chi connectivity index (χ3v) is 2.57. The van der Waals surface area contributed by atoms with E-state index < -0.39 is 5.97 Å². The van der Waals surface area contributed by atoms with Crippen molar-refractivity contribution < 1.29 is 19.4 Å². The third kappa shape index (κ3) is 2.27. The molecule has 1 aromatic carbocycles. The van der Waals surface area contributed by atoms with Gasteiger partial charge >= 0.3 is 5.97 Å². The Labute approximate surface area is 93.8 Å². The number of carboxylic acids is 1. The predicted octanol–water partition coefficient (Wildman–Crippen LogP) is 1.72. The van der Waals surface area contributed by atoms with Gasteiger partial charge in [0.05, 0.1) is 5.92 Å². The van der Waals surface area contributed by atoms with Gasteiger partial charge in [-0.05, 0) is 24.1 Å². The molecule has 2 rings (SSSR count). The van der Waals surface area contributed by atoms with Crippen molar-refractivity contribution in [2.24, 2.45) is 5.92 Å². The number of aliphatic carboxylic acids is 1. The Balaban J connectivity index is 2.14. The van der Waals surface area contributed by atoms with Crippen LogP contribution in [0, 0.1) is 5.92 Å². The van der Waals surface area contributed by atoms with Crippen molar-refractivity contribution in [3.8, 4) is 11.5 Å². The van der Waals surface area contributed by atoms with Crippen molar-refractivity contribution >= 4 is 5.97 Å². The molecule has 1 heterocycles. The first-order valence-electron chi connectivity index (χ1n) is 5.28. The molecule has 1 N–H and O–H groups in total. The molecule has 0 spiro atoms. The maximum atomic E-state index is 10.7. The van der Waals surface area contributed by atoms with Crippen LogP contribution in [-0.2, 0) is 11.2 Å². The zero-order chi connectivity index (χ0) is 11.5. The molecule has 0 aliphatic carbocycles. The molecular weight excluding hydrogens is 208 g/mol. The van der Waals surface area contributed by atoms with Crippen molar-refractivity contribution in [3.05, 3.63) is 23.8 Å². The second kappa shape index (κ2) is 4.43. The van der Waals surface area contributed by atoms with Gasteiger partial charge in [-0.15, -0.1) is 0 Å². The maximum Gasteiger partial charge on any atom is 0.306 e. The average Bonchev–Trinajstić information content (AvgIpc) is 2.28. The monoisotopic (exact) mass is 222 g/mol. The van der Waals surface area contributed by atoms with Crippen molar-refractivity contribution in [2.75, 3.05) is 13.2 Å². The summed E-state index contributed by atoms with van der Waals surface area (Å²) >= 11 is 0. The Morgan fingerprint density at radius 1 is 1.38 bits per heavy atom. The molecule has 0 radical (unpaired) electrons. The largest absolute Gasteiger partial charge is 0.486 e. The number of rotatable bonds is 3. The standard InChI is InChI=1S/C12H14O4/c1-8(12(13)14)6-9-2-3-10-11(7-9)16-5-4-15-10/h2-3,7-8H,4-6H2,1H3,(H,13,14)/t8-/m1/s1. The van der Waals surface area contributed by atoms with Crippen molar-refractivity contribution in [1.82, 2.24) is 0 Å². The number of ether oxygens (including phenoxy) is 2. The summed E-state index contributed by atoms with van der Waals surface area (Å²) in [7, 11) is 0. The summed E-state index contributed by atoms with van der Waals surface area (Å²) in [5, 5.41) is 8.83. The highest BCUT2D eigenvalue weighted by Gasteiger charge is 2.15. The van der Waals surface area contributed by atoms with Crippen LogP contribution in [-0.4, -0.2) is 24.3 Å². The number of benzene rings is 1. The predicted molar refractivity (Wildman–Crippen MR) is 57.9 cm³/mol. The molecule has 1 aliphatic rings. The van der Waals surface area contributed by atoms with Crippen LogP contribution in [0.15, 0.2) is 18.2 Å². The van der Waals surface area contributed by atoms with Gasteiger partial charge in [0.1, 0.15) is 13.2 Å². The first-order valence-corrected chi connectivity index (χ1v) is 5.28. The van der Waals surface area contributed by atoms with Crippen LogP contribution >= 0.6 is 0 Å². The van der Waals surface area contributed by atoms with Gasteiger partial charge in [-0.2, -0.15) is 0 Å². The molecule has 86 valence electrons. The maximum absolute atomic E-state index is 10.7. The third-order valence-electron chi connectivity index (χ3n) is 2.57. The molecule has 0 bridgehead atoms. The van der Waals surface area contributed by atoms with E-state index in [1.807, 2.05) is 18.2 Å². The molecule has 0 fully saturated rings. The van der Waals surface area contributed by atoms with E-state index >= 15 is 0 Å². The first kappa shape index (κ1) is 10.8. The number of fused-ring (bicyclic) bond motifs is 1. The quantitative estimate of drug-likeness (QED) is 0.846. The highest BCUT2D eigenvalue weighted by atomic mass is 16.6. The number of carbonyl (C=O) groups is 1. The number of carboxylic acid groups (broad SMARTS) is 1. The smallest absolute Gasteiger partial charge is 0.306 e. The lowest BCUT2D eigenvalue weighted by molar-refractivity contribution is -0.141. The van der Waals surface area contributed by atoms with E-state index in [4.69, 9.17) is 14.6 Å². The lowest BCUT2D eigenvalue weighted by atomic mass is 10.0. The van der Waals surface area contributed by atoms with Crippen molar-refractivity contribution in [1.29, 1.82) is 0 Å². The van der Waals surface area contributed by atoms with Crippen molar-refractivity contribution in [2.45, 2.75) is 13.3 Å². The number of hydrogen-bond donors (Lipinski definition) is 1. The van der Waals surface area contributed by atoms with Crippen LogP contribution in [0.1, 0.15) is 12.5 Å². The molecule has 16 heavy (non-hydrogen) atoms. The molecule has 4 heteroatoms. The molecule has 0 unspecified atom stereocenters. The summed E-state index contributed by atoms with van der Waals surface area (Å²) in [4.78, 5) is 10.7. The van der Waals surface area contributed by atoms with Crippen LogP contribution in [0.25, 0.3) is 0 Å². The lowest BCUT2D eigenvalue weighted by Crippen LogP contribution is -2.16. The molecule has 1 aliphatic heterocycles. The Bertz CT molecular complexity index is 400. The Morgan fingerprint density at radius 2 is 2.06 bits per heavy atom. The average molecular weight is 222 g/mol. The molecule has 0 saturated carbocycles. The highest BCUT2D eigenvalue weighted by Crippen LogP contribution is 2.31. The second-order valence-corrected chi connectivity index (χ2v) is 3.92. The van der Waals surface area contributed by atoms with Gasteiger partial charge in [-0.25, -0.2) is 0 Å². The second-order valence-electron chi connectivity index (χ2n) is 3.92. The van der Waals surface area contributed by atoms with Crippen LogP contribution in [0.2, 0.25) is 0 Å². The van der Waals surface area contributed by atoms with Gasteiger partial charge < -0.3 is 14.6 Å². The SMILES string of the molecule is C[C@H](Cc1ccc2c(c1)OCCO2)C(=O)O. The van der Waals surface area contributed by atoms with E-state index in [0.29, 0.717) is 25.4 Å². The van der Waals surface area contributed by atoms with Crippen LogP contribution in [0.5, 0.6) is 11.5 Å². The minimum absolute atomic E-state index is 0.387. The summed E-state index contributed by atoms with van der Waals surface area (Å²) in [5.74, 6) is 0.275. The molecule has 4 nitrogen and oxygen atoms in total. The molecule has 0 amide bonds. The van der Waals surface area contributed by atoms with Crippen LogP contribution in [0.4, 0.5) is 0 Å². The van der Waals surface area contributed by atoms with Gasteiger partial charge in [-0.1, -0.05) is 13.0 Å². The van der Waals surface area contributed by atoms with Gasteiger partial charge in [0, 0.05) is 0 Å². The first-order chi connectivity index (χ1) is 7.66. The van der Waals surface area contributed by atoms with E-state index in [1.54, 1.807) is 6.92 Å². The topological polar surface area (TPSA) is 55.8 Å². The summed E-state index contributed by atoms with van der Waals surface area (Å²) in [5.41, 5.74) is 0.958. The van der Waals surface area contributed by atoms with Gasteiger partial charge in [0.25, 0.3) is 0 Å². The van der Waals surface area contributed by atoms with Gasteiger partial charge in [0.2, 0.25) is 0 Å². The Morgan fingerprint density at radius 3 is 2.75 bits per heavy atom. The van der Waals surface area contributed by atoms with E-state index in [0.717, 1.165) is 11.3 Å². The minimum atomic E-state index is -0.783. The van der Waals surface area contributed by atoms with Gasteiger partial charge in [0.15, 0.2) is 11.5 Å². The van der Waals surface area contributed by atoms with Crippen LogP contribution in [0.3, 0.4) is 0 Å². The summed E-state index contributed by atoms with van der Waals surface area (Å²) in [6.07, 6.45) is 0.506. The van der Waals surface area contributed by atoms with Crippen LogP contribution < -0.4 is 9.47 Å². The Hall–Kier alpha value is -1.71. The van der Waals surface area contributed by atoms with Gasteiger partial charge in [-0.3, -0.25) is 4.79 Å². The zero-order valence-corrected chi connectivity index (χ0v) is 9.10. The summed E-state index contributed by atoms with van der Waals surface area (Å²) < 4.78 is 10.8. The molecular formula is C12H14O4. The number of hydrogen-bond acceptors (Lipinski definition) is 3. The zero-order valence-electron chi connectivity index (χ0n) is 9.10. The fourth-order valence-electron chi connectivity index (χ4n) is 1.66. The fraction of sp³-hybridized carbons (Fsp3) is 0.417. The van der Waals surface area contributed by atoms with Crippen molar-refractivity contribution in [3.63, 3.8) is 0 Å². The molecule has 1 aromatic rings. The Kier molecular flexibility index (Phi) is 2.99. The van der Waals surface area contributed by atoms with E-state index in [-0.39, 0.29) is 5.92 Å². The normalized spacial score (nSPS) is 15.6. The highest BCUT2D eigenvalue weighted by molar-refractivity contribution is 5.70. The summed E-state index contributed by atoms with van der Waals surface area (Å²) in [6, 6.07) is 5.57. The molecule has 0 aromatic heterocycles. The summed E-state index contributed by atoms with van der Waals surface area (Å²) in [6.45, 7) is 2.81. The molecule has 0 saturated heterocycles. The van der Waals surface area contributed by atoms with E-state index in [1.165, 1.54) is 0 Å².